The van der Waals surface area contributed by atoms with E-state index >= 15 is 0 Å². The van der Waals surface area contributed by atoms with Crippen molar-refractivity contribution in [1.29, 1.82) is 0 Å². The molecule has 0 saturated carbocycles. The zero-order valence-corrected chi connectivity index (χ0v) is 26.0. The Morgan fingerprint density at radius 2 is 0.956 bits per heavy atom. The molecule has 8 heteroatoms. The molecule has 8 nitrogen and oxygen atoms in total. The lowest BCUT2D eigenvalue weighted by atomic mass is 9.99. The van der Waals surface area contributed by atoms with Crippen LogP contribution in [0.4, 0.5) is 0 Å². The maximum Gasteiger partial charge on any atom is 0.343 e. The van der Waals surface area contributed by atoms with E-state index in [-0.39, 0.29) is 12.0 Å². The molecule has 4 aromatic carbocycles. The summed E-state index contributed by atoms with van der Waals surface area (Å²) in [7, 11) is 0. The average Bonchev–Trinajstić information content (AvgIpc) is 3.26. The van der Waals surface area contributed by atoms with Gasteiger partial charge in [0.15, 0.2) is 0 Å². The predicted molar refractivity (Wildman–Crippen MR) is 168 cm³/mol. The molecule has 5 rings (SSSR count). The number of esters is 4. The Morgan fingerprint density at radius 3 is 1.33 bits per heavy atom. The third kappa shape index (κ3) is 7.12. The summed E-state index contributed by atoms with van der Waals surface area (Å²) in [6, 6.07) is 23.2. The van der Waals surface area contributed by atoms with Gasteiger partial charge in [0.25, 0.3) is 0 Å². The Balaban J connectivity index is 1.25. The van der Waals surface area contributed by atoms with E-state index in [1.54, 1.807) is 46.8 Å². The van der Waals surface area contributed by atoms with Gasteiger partial charge >= 0.3 is 23.9 Å². The van der Waals surface area contributed by atoms with Gasteiger partial charge in [0.1, 0.15) is 17.1 Å². The van der Waals surface area contributed by atoms with Crippen LogP contribution in [0.3, 0.4) is 0 Å². The fourth-order valence-corrected chi connectivity index (χ4v) is 5.02. The van der Waals surface area contributed by atoms with Crippen LogP contribution in [0.25, 0.3) is 11.1 Å². The van der Waals surface area contributed by atoms with E-state index in [1.165, 1.54) is 48.5 Å². The third-order valence-electron chi connectivity index (χ3n) is 7.14. The first-order valence-corrected chi connectivity index (χ1v) is 14.7. The number of fused-ring (bicyclic) bond motifs is 3. The molecule has 0 spiro atoms. The number of ether oxygens (including phenoxy) is 4. The van der Waals surface area contributed by atoms with Crippen molar-refractivity contribution in [3.8, 4) is 22.6 Å². The Kier molecular flexibility index (Phi) is 8.60. The summed E-state index contributed by atoms with van der Waals surface area (Å²) in [5.41, 5.74) is 4.63. The van der Waals surface area contributed by atoms with Gasteiger partial charge in [-0.1, -0.05) is 19.1 Å². The highest BCUT2D eigenvalue weighted by Crippen LogP contribution is 2.47. The van der Waals surface area contributed by atoms with Gasteiger partial charge in [0.05, 0.1) is 28.4 Å². The molecule has 45 heavy (non-hydrogen) atoms. The minimum Gasteiger partial charge on any atom is -0.459 e. The molecule has 0 heterocycles. The first-order chi connectivity index (χ1) is 21.3. The van der Waals surface area contributed by atoms with Gasteiger partial charge in [-0.25, -0.2) is 19.2 Å². The van der Waals surface area contributed by atoms with Crippen LogP contribution in [0.15, 0.2) is 84.9 Å². The maximum absolute atomic E-state index is 12.9. The second-order valence-electron chi connectivity index (χ2n) is 12.1. The normalized spacial score (nSPS) is 13.4. The molecular weight excluding hydrogens is 572 g/mol. The smallest absolute Gasteiger partial charge is 0.343 e. The number of hydrogen-bond donors (Lipinski definition) is 0. The van der Waals surface area contributed by atoms with Gasteiger partial charge in [0.2, 0.25) is 0 Å². The number of rotatable bonds is 7. The van der Waals surface area contributed by atoms with Crippen molar-refractivity contribution in [2.24, 2.45) is 0 Å². The van der Waals surface area contributed by atoms with E-state index < -0.39 is 29.5 Å². The molecule has 230 valence electrons. The highest BCUT2D eigenvalue weighted by atomic mass is 16.6. The summed E-state index contributed by atoms with van der Waals surface area (Å²) in [6.07, 6.45) is -0.242. The minimum atomic E-state index is -0.620. The van der Waals surface area contributed by atoms with Gasteiger partial charge in [0, 0.05) is 5.92 Å². The lowest BCUT2D eigenvalue weighted by molar-refractivity contribution is 0.00685. The van der Waals surface area contributed by atoms with Crippen molar-refractivity contribution in [3.63, 3.8) is 0 Å². The van der Waals surface area contributed by atoms with Crippen LogP contribution in [0.2, 0.25) is 0 Å². The quantitative estimate of drug-likeness (QED) is 0.155. The maximum atomic E-state index is 12.9. The van der Waals surface area contributed by atoms with Gasteiger partial charge in [-0.15, -0.1) is 0 Å². The fourth-order valence-electron chi connectivity index (χ4n) is 5.02. The van der Waals surface area contributed by atoms with Gasteiger partial charge in [-0.05, 0) is 130 Å². The number of hydrogen-bond acceptors (Lipinski definition) is 8. The molecule has 1 aliphatic rings. The minimum absolute atomic E-state index is 0.0494. The molecule has 0 radical (unpaired) electrons. The Hall–Kier alpha value is -5.24. The first kappa shape index (κ1) is 31.2. The molecule has 1 atom stereocenters. The standard InChI is InChI=1S/C37H34O8/c1-21(2)42-33(38)23-7-9-24(10-8-23)34(39)43-27-15-17-29-30-18-16-28(20-32(30)22(3)31(29)19-27)44-35(40)25-11-13-26(14-12-25)36(41)45-37(4,5)6/h7-22H,1-6H3. The predicted octanol–water partition coefficient (Wildman–Crippen LogP) is 7.78. The highest BCUT2D eigenvalue weighted by Gasteiger charge is 2.27. The zero-order valence-electron chi connectivity index (χ0n) is 26.0. The molecule has 0 fully saturated rings. The molecule has 1 unspecified atom stereocenters. The van der Waals surface area contributed by atoms with Crippen LogP contribution in [0.5, 0.6) is 11.5 Å². The topological polar surface area (TPSA) is 105 Å². The SMILES string of the molecule is CC(C)OC(=O)c1ccc(C(=O)Oc2ccc3c(c2)C(C)c2cc(OC(=O)c4ccc(C(=O)OC(C)(C)C)cc4)ccc2-3)cc1. The molecular formula is C37H34O8. The summed E-state index contributed by atoms with van der Waals surface area (Å²) >= 11 is 0. The molecule has 0 amide bonds. The molecule has 0 aromatic heterocycles. The van der Waals surface area contributed by atoms with Crippen LogP contribution < -0.4 is 9.47 Å². The molecule has 4 aromatic rings. The summed E-state index contributed by atoms with van der Waals surface area (Å²) in [5.74, 6) is -1.28. The summed E-state index contributed by atoms with van der Waals surface area (Å²) < 4.78 is 21.9. The van der Waals surface area contributed by atoms with E-state index in [9.17, 15) is 19.2 Å². The summed E-state index contributed by atoms with van der Waals surface area (Å²) in [6.45, 7) is 10.9. The van der Waals surface area contributed by atoms with Crippen LogP contribution >= 0.6 is 0 Å². The van der Waals surface area contributed by atoms with Crippen LogP contribution in [0.1, 0.15) is 100 Å². The molecule has 0 saturated heterocycles. The van der Waals surface area contributed by atoms with Crippen molar-refractivity contribution in [3.05, 3.63) is 118 Å². The zero-order chi connectivity index (χ0) is 32.5. The lowest BCUT2D eigenvalue weighted by Gasteiger charge is -2.19. The fraction of sp³-hybridized carbons (Fsp3) is 0.243. The first-order valence-electron chi connectivity index (χ1n) is 14.7. The summed E-state index contributed by atoms with van der Waals surface area (Å²) in [5, 5.41) is 0. The lowest BCUT2D eigenvalue weighted by Crippen LogP contribution is -2.23. The van der Waals surface area contributed by atoms with Crippen molar-refractivity contribution < 1.29 is 38.1 Å². The van der Waals surface area contributed by atoms with Crippen molar-refractivity contribution in [2.45, 2.75) is 59.2 Å². The third-order valence-corrected chi connectivity index (χ3v) is 7.14. The second-order valence-corrected chi connectivity index (χ2v) is 12.1. The van der Waals surface area contributed by atoms with Gasteiger partial charge < -0.3 is 18.9 Å². The molecule has 0 N–H and O–H groups in total. The van der Waals surface area contributed by atoms with E-state index in [0.717, 1.165) is 22.3 Å². The van der Waals surface area contributed by atoms with E-state index in [4.69, 9.17) is 18.9 Å². The van der Waals surface area contributed by atoms with E-state index in [2.05, 4.69) is 0 Å². The summed E-state index contributed by atoms with van der Waals surface area (Å²) in [4.78, 5) is 50.1. The molecule has 0 bridgehead atoms. The van der Waals surface area contributed by atoms with Crippen LogP contribution in [-0.2, 0) is 9.47 Å². The van der Waals surface area contributed by atoms with Crippen molar-refractivity contribution >= 4 is 23.9 Å². The van der Waals surface area contributed by atoms with Gasteiger partial charge in [-0.2, -0.15) is 0 Å². The largest absolute Gasteiger partial charge is 0.459 e. The number of carbonyl (C=O) groups is 4. The average molecular weight is 607 g/mol. The van der Waals surface area contributed by atoms with Crippen molar-refractivity contribution in [1.82, 2.24) is 0 Å². The Bertz CT molecular complexity index is 1780. The van der Waals surface area contributed by atoms with Crippen LogP contribution in [-0.4, -0.2) is 35.6 Å². The molecule has 1 aliphatic carbocycles. The Morgan fingerprint density at radius 1 is 0.578 bits per heavy atom. The molecule has 0 aliphatic heterocycles. The van der Waals surface area contributed by atoms with Crippen molar-refractivity contribution in [2.75, 3.05) is 0 Å². The number of benzene rings is 4. The second kappa shape index (κ2) is 12.4. The van der Waals surface area contributed by atoms with E-state index in [0.29, 0.717) is 33.8 Å². The highest BCUT2D eigenvalue weighted by molar-refractivity contribution is 5.95. The van der Waals surface area contributed by atoms with E-state index in [1.807, 2.05) is 31.2 Å². The Labute approximate surface area is 261 Å². The monoisotopic (exact) mass is 606 g/mol. The number of carbonyl (C=O) groups excluding carboxylic acids is 4. The van der Waals surface area contributed by atoms with Gasteiger partial charge in [-0.3, -0.25) is 0 Å². The van der Waals surface area contributed by atoms with Crippen LogP contribution in [0, 0.1) is 0 Å².